The third kappa shape index (κ3) is 1.75. The summed E-state index contributed by atoms with van der Waals surface area (Å²) in [6, 6.07) is 0. The maximum Gasteiger partial charge on any atom is 0.201 e. The van der Waals surface area contributed by atoms with Gasteiger partial charge >= 0.3 is 0 Å². The van der Waals surface area contributed by atoms with E-state index < -0.39 is 0 Å². The van der Waals surface area contributed by atoms with Gasteiger partial charge in [0, 0.05) is 18.7 Å². The zero-order valence-electron chi connectivity index (χ0n) is 7.93. The molecule has 1 aromatic rings. The monoisotopic (exact) mass is 179 g/mol. The topological polar surface area (TPSA) is 46.8 Å². The fraction of sp³-hybridized carbons (Fsp3) is 0.625. The Morgan fingerprint density at radius 2 is 2.23 bits per heavy atom. The first-order valence-electron chi connectivity index (χ1n) is 4.37. The van der Waals surface area contributed by atoms with Crippen LogP contribution >= 0.6 is 0 Å². The lowest BCUT2D eigenvalue weighted by Gasteiger charge is -2.20. The van der Waals surface area contributed by atoms with E-state index in [0.29, 0.717) is 0 Å². The summed E-state index contributed by atoms with van der Waals surface area (Å²) in [5.74, 6) is 0.758. The lowest BCUT2D eigenvalue weighted by Crippen LogP contribution is -2.25. The Morgan fingerprint density at radius 3 is 2.85 bits per heavy atom. The minimum absolute atomic E-state index is 0.758. The van der Waals surface area contributed by atoms with Gasteiger partial charge in [-0.3, -0.25) is 0 Å². The number of aromatic nitrogens is 4. The van der Waals surface area contributed by atoms with E-state index in [0.717, 1.165) is 25.3 Å². The molecule has 0 spiro atoms. The molecule has 0 atom stereocenters. The van der Waals surface area contributed by atoms with Gasteiger partial charge in [0.2, 0.25) is 5.82 Å². The van der Waals surface area contributed by atoms with Crippen LogP contribution in [0.25, 0.3) is 5.57 Å². The molecular weight excluding hydrogens is 166 g/mol. The standard InChI is InChI=1S/C8H13N5/c1-12-5-3-4-7(6-12)8-9-11-13(2)10-8/h4H,3,5-6H2,1-2H3. The van der Waals surface area contributed by atoms with Crippen LogP contribution in [0.15, 0.2) is 6.08 Å². The molecule has 5 heteroatoms. The highest BCUT2D eigenvalue weighted by molar-refractivity contribution is 5.61. The highest BCUT2D eigenvalue weighted by Crippen LogP contribution is 2.14. The van der Waals surface area contributed by atoms with E-state index in [4.69, 9.17) is 0 Å². The summed E-state index contributed by atoms with van der Waals surface area (Å²) in [6.45, 7) is 2.04. The van der Waals surface area contributed by atoms with Crippen molar-refractivity contribution in [2.45, 2.75) is 6.42 Å². The number of nitrogens with zero attached hydrogens (tertiary/aromatic N) is 5. The summed E-state index contributed by atoms with van der Waals surface area (Å²) >= 11 is 0. The number of rotatable bonds is 1. The fourth-order valence-electron chi connectivity index (χ4n) is 1.47. The van der Waals surface area contributed by atoms with Crippen molar-refractivity contribution in [1.82, 2.24) is 25.1 Å². The van der Waals surface area contributed by atoms with E-state index in [1.165, 1.54) is 10.4 Å². The lowest BCUT2D eigenvalue weighted by atomic mass is 10.1. The van der Waals surface area contributed by atoms with Gasteiger partial charge in [0.1, 0.15) is 0 Å². The molecule has 5 nitrogen and oxygen atoms in total. The Kier molecular flexibility index (Phi) is 2.10. The van der Waals surface area contributed by atoms with Gasteiger partial charge in [0.25, 0.3) is 0 Å². The second-order valence-corrected chi connectivity index (χ2v) is 3.36. The molecule has 0 fully saturated rings. The molecule has 0 N–H and O–H groups in total. The van der Waals surface area contributed by atoms with Gasteiger partial charge in [-0.1, -0.05) is 6.08 Å². The first-order chi connectivity index (χ1) is 6.25. The van der Waals surface area contributed by atoms with Gasteiger partial charge in [0.05, 0.1) is 7.05 Å². The van der Waals surface area contributed by atoms with E-state index in [9.17, 15) is 0 Å². The molecule has 0 saturated heterocycles. The summed E-state index contributed by atoms with van der Waals surface area (Å²) in [5.41, 5.74) is 1.18. The number of hydrogen-bond donors (Lipinski definition) is 0. The van der Waals surface area contributed by atoms with E-state index in [1.54, 1.807) is 7.05 Å². The van der Waals surface area contributed by atoms with Crippen molar-refractivity contribution in [3.05, 3.63) is 11.9 Å². The fourth-order valence-corrected chi connectivity index (χ4v) is 1.47. The Hall–Kier alpha value is -1.23. The van der Waals surface area contributed by atoms with E-state index >= 15 is 0 Å². The molecule has 2 rings (SSSR count). The summed E-state index contributed by atoms with van der Waals surface area (Å²) < 4.78 is 0. The van der Waals surface area contributed by atoms with Crippen molar-refractivity contribution in [1.29, 1.82) is 0 Å². The SMILES string of the molecule is CN1CCC=C(c2nnn(C)n2)C1. The average Bonchev–Trinajstić information content (AvgIpc) is 2.52. The van der Waals surface area contributed by atoms with Crippen molar-refractivity contribution in [3.63, 3.8) is 0 Å². The Labute approximate surface area is 77.0 Å². The minimum Gasteiger partial charge on any atom is -0.302 e. The molecule has 70 valence electrons. The third-order valence-corrected chi connectivity index (χ3v) is 2.14. The van der Waals surface area contributed by atoms with Crippen molar-refractivity contribution >= 4 is 5.57 Å². The third-order valence-electron chi connectivity index (χ3n) is 2.14. The van der Waals surface area contributed by atoms with Crippen molar-refractivity contribution in [2.24, 2.45) is 7.05 Å². The Bertz CT molecular complexity index is 327. The van der Waals surface area contributed by atoms with Crippen LogP contribution in [-0.4, -0.2) is 45.2 Å². The predicted octanol–water partition coefficient (Wildman–Crippen LogP) is -0.0710. The molecule has 0 aromatic carbocycles. The van der Waals surface area contributed by atoms with E-state index in [1.807, 2.05) is 0 Å². The summed E-state index contributed by atoms with van der Waals surface area (Å²) in [7, 11) is 3.88. The quantitative estimate of drug-likeness (QED) is 0.605. The molecule has 0 bridgehead atoms. The summed E-state index contributed by atoms with van der Waals surface area (Å²) in [5, 5.41) is 12.0. The molecule has 0 saturated carbocycles. The summed E-state index contributed by atoms with van der Waals surface area (Å²) in [4.78, 5) is 3.75. The first kappa shape index (κ1) is 8.37. The van der Waals surface area contributed by atoms with Crippen LogP contribution in [0, 0.1) is 0 Å². The van der Waals surface area contributed by atoms with Gasteiger partial charge < -0.3 is 4.90 Å². The van der Waals surface area contributed by atoms with Crippen LogP contribution in [-0.2, 0) is 7.05 Å². The number of aryl methyl sites for hydroxylation is 1. The maximum atomic E-state index is 4.17. The van der Waals surface area contributed by atoms with Crippen molar-refractivity contribution in [3.8, 4) is 0 Å². The Morgan fingerprint density at radius 1 is 1.38 bits per heavy atom. The second kappa shape index (κ2) is 3.26. The zero-order chi connectivity index (χ0) is 9.26. The molecule has 0 radical (unpaired) electrons. The lowest BCUT2D eigenvalue weighted by molar-refractivity contribution is 0.372. The zero-order valence-corrected chi connectivity index (χ0v) is 7.93. The molecular formula is C8H13N5. The van der Waals surface area contributed by atoms with Gasteiger partial charge in [-0.15, -0.1) is 10.2 Å². The van der Waals surface area contributed by atoms with E-state index in [2.05, 4.69) is 33.4 Å². The first-order valence-corrected chi connectivity index (χ1v) is 4.37. The molecule has 1 aliphatic rings. The normalized spacial score (nSPS) is 18.8. The van der Waals surface area contributed by atoms with E-state index in [-0.39, 0.29) is 0 Å². The largest absolute Gasteiger partial charge is 0.302 e. The number of tetrazole rings is 1. The molecule has 0 unspecified atom stereocenters. The van der Waals surface area contributed by atoms with Gasteiger partial charge in [-0.05, 0) is 18.7 Å². The van der Waals surface area contributed by atoms with Crippen molar-refractivity contribution < 1.29 is 0 Å². The average molecular weight is 179 g/mol. The van der Waals surface area contributed by atoms with Gasteiger partial charge in [-0.2, -0.15) is 4.80 Å². The van der Waals surface area contributed by atoms with Crippen LogP contribution in [0.1, 0.15) is 12.2 Å². The van der Waals surface area contributed by atoms with Crippen LogP contribution in [0.2, 0.25) is 0 Å². The molecule has 13 heavy (non-hydrogen) atoms. The summed E-state index contributed by atoms with van der Waals surface area (Å²) in [6.07, 6.45) is 3.26. The van der Waals surface area contributed by atoms with Crippen molar-refractivity contribution in [2.75, 3.05) is 20.1 Å². The Balaban J connectivity index is 2.21. The van der Waals surface area contributed by atoms with Crippen LogP contribution in [0.4, 0.5) is 0 Å². The highest BCUT2D eigenvalue weighted by Gasteiger charge is 2.13. The second-order valence-electron chi connectivity index (χ2n) is 3.36. The number of likely N-dealkylation sites (N-methyl/N-ethyl adjacent to an activating group) is 1. The molecule has 1 aromatic heterocycles. The predicted molar refractivity (Wildman–Crippen MR) is 48.9 cm³/mol. The molecule has 0 amide bonds. The van der Waals surface area contributed by atoms with Crippen LogP contribution in [0.5, 0.6) is 0 Å². The maximum absolute atomic E-state index is 4.17. The highest BCUT2D eigenvalue weighted by atomic mass is 15.6. The van der Waals surface area contributed by atoms with Crippen LogP contribution in [0.3, 0.4) is 0 Å². The van der Waals surface area contributed by atoms with Gasteiger partial charge in [0.15, 0.2) is 0 Å². The smallest absolute Gasteiger partial charge is 0.201 e. The van der Waals surface area contributed by atoms with Gasteiger partial charge in [-0.25, -0.2) is 0 Å². The minimum atomic E-state index is 0.758. The molecule has 0 aliphatic carbocycles. The number of hydrogen-bond acceptors (Lipinski definition) is 4. The van der Waals surface area contributed by atoms with Crippen LogP contribution < -0.4 is 0 Å². The molecule has 1 aliphatic heterocycles. The molecule has 2 heterocycles.